The zero-order valence-electron chi connectivity index (χ0n) is 11.6. The van der Waals surface area contributed by atoms with Crippen molar-refractivity contribution in [1.82, 2.24) is 4.90 Å². The van der Waals surface area contributed by atoms with Crippen LogP contribution in [-0.2, 0) is 13.0 Å². The van der Waals surface area contributed by atoms with E-state index in [4.69, 9.17) is 23.2 Å². The van der Waals surface area contributed by atoms with Crippen molar-refractivity contribution in [3.63, 3.8) is 0 Å². The summed E-state index contributed by atoms with van der Waals surface area (Å²) in [7, 11) is 0. The minimum absolute atomic E-state index is 0.0294. The maximum Gasteiger partial charge on any atom is 0.322 e. The SMILES string of the molecule is O=C(Nc1ccc(Cl)c(F)c1)N1CCc2cc(Cl)ccc2C1. The van der Waals surface area contributed by atoms with Gasteiger partial charge in [-0.2, -0.15) is 0 Å². The Balaban J connectivity index is 1.71. The van der Waals surface area contributed by atoms with Crippen molar-refractivity contribution in [3.8, 4) is 0 Å². The monoisotopic (exact) mass is 338 g/mol. The van der Waals surface area contributed by atoms with Gasteiger partial charge in [-0.1, -0.05) is 29.3 Å². The quantitative estimate of drug-likeness (QED) is 0.801. The van der Waals surface area contributed by atoms with Crippen LogP contribution in [0.1, 0.15) is 11.1 Å². The largest absolute Gasteiger partial charge is 0.322 e. The molecule has 0 atom stereocenters. The molecule has 0 aromatic heterocycles. The van der Waals surface area contributed by atoms with Crippen LogP contribution < -0.4 is 5.32 Å². The van der Waals surface area contributed by atoms with E-state index >= 15 is 0 Å². The van der Waals surface area contributed by atoms with Crippen molar-refractivity contribution in [3.05, 3.63) is 63.4 Å². The number of nitrogens with zero attached hydrogens (tertiary/aromatic N) is 1. The number of urea groups is 1. The summed E-state index contributed by atoms with van der Waals surface area (Å²) in [6.45, 7) is 1.10. The molecule has 2 amide bonds. The second-order valence-corrected chi connectivity index (χ2v) is 5.99. The highest BCUT2D eigenvalue weighted by Gasteiger charge is 2.21. The van der Waals surface area contributed by atoms with Gasteiger partial charge in [-0.15, -0.1) is 0 Å². The maximum absolute atomic E-state index is 13.4. The molecular formula is C16H13Cl2FN2O. The lowest BCUT2D eigenvalue weighted by Crippen LogP contribution is -2.38. The Kier molecular flexibility index (Phi) is 4.23. The number of hydrogen-bond acceptors (Lipinski definition) is 1. The Morgan fingerprint density at radius 3 is 2.73 bits per heavy atom. The second kappa shape index (κ2) is 6.15. The molecule has 1 aliphatic rings. The minimum atomic E-state index is -0.557. The van der Waals surface area contributed by atoms with E-state index in [9.17, 15) is 9.18 Å². The lowest BCUT2D eigenvalue weighted by Gasteiger charge is -2.29. The summed E-state index contributed by atoms with van der Waals surface area (Å²) >= 11 is 11.6. The Morgan fingerprint density at radius 1 is 1.14 bits per heavy atom. The van der Waals surface area contributed by atoms with Crippen LogP contribution in [-0.4, -0.2) is 17.5 Å². The minimum Gasteiger partial charge on any atom is -0.320 e. The van der Waals surface area contributed by atoms with Gasteiger partial charge < -0.3 is 10.2 Å². The molecule has 1 N–H and O–H groups in total. The third-order valence-corrected chi connectivity index (χ3v) is 4.18. The predicted octanol–water partition coefficient (Wildman–Crippen LogP) is 4.72. The molecular weight excluding hydrogens is 326 g/mol. The van der Waals surface area contributed by atoms with Gasteiger partial charge in [-0.3, -0.25) is 0 Å². The van der Waals surface area contributed by atoms with Crippen molar-refractivity contribution >= 4 is 34.9 Å². The van der Waals surface area contributed by atoms with E-state index in [0.717, 1.165) is 17.5 Å². The first-order chi connectivity index (χ1) is 10.5. The molecule has 3 nitrogen and oxygen atoms in total. The molecule has 0 saturated carbocycles. The number of benzene rings is 2. The van der Waals surface area contributed by atoms with Gasteiger partial charge in [0.15, 0.2) is 0 Å². The molecule has 0 bridgehead atoms. The number of fused-ring (bicyclic) bond motifs is 1. The predicted molar refractivity (Wildman–Crippen MR) is 86.0 cm³/mol. The number of nitrogens with one attached hydrogen (secondary N) is 1. The molecule has 6 heteroatoms. The summed E-state index contributed by atoms with van der Waals surface area (Å²) in [6.07, 6.45) is 0.748. The van der Waals surface area contributed by atoms with E-state index < -0.39 is 5.82 Å². The van der Waals surface area contributed by atoms with E-state index in [1.54, 1.807) is 11.0 Å². The first-order valence-corrected chi connectivity index (χ1v) is 7.57. The Morgan fingerprint density at radius 2 is 1.95 bits per heavy atom. The number of amides is 2. The lowest BCUT2D eigenvalue weighted by molar-refractivity contribution is 0.206. The molecule has 2 aromatic rings. The molecule has 2 aromatic carbocycles. The molecule has 0 fully saturated rings. The van der Waals surface area contributed by atoms with Crippen molar-refractivity contribution in [2.75, 3.05) is 11.9 Å². The van der Waals surface area contributed by atoms with E-state index in [2.05, 4.69) is 5.32 Å². The topological polar surface area (TPSA) is 32.3 Å². The first-order valence-electron chi connectivity index (χ1n) is 6.81. The third kappa shape index (κ3) is 3.18. The molecule has 0 aliphatic carbocycles. The summed E-state index contributed by atoms with van der Waals surface area (Å²) < 4.78 is 13.4. The third-order valence-electron chi connectivity index (χ3n) is 3.64. The highest BCUT2D eigenvalue weighted by Crippen LogP contribution is 2.24. The molecule has 0 spiro atoms. The molecule has 114 valence electrons. The number of hydrogen-bond donors (Lipinski definition) is 1. The standard InChI is InChI=1S/C16H13Cl2FN2O/c17-12-2-1-11-9-21(6-5-10(11)7-12)16(22)20-13-3-4-14(18)15(19)8-13/h1-4,7-8H,5-6,9H2,(H,20,22). The van der Waals surface area contributed by atoms with Crippen molar-refractivity contribution in [1.29, 1.82) is 0 Å². The average molecular weight is 339 g/mol. The van der Waals surface area contributed by atoms with Gasteiger partial charge in [-0.25, -0.2) is 9.18 Å². The summed E-state index contributed by atoms with van der Waals surface area (Å²) in [5, 5.41) is 3.42. The molecule has 1 heterocycles. The number of carbonyl (C=O) groups excluding carboxylic acids is 1. The Labute approximate surface area is 137 Å². The highest BCUT2D eigenvalue weighted by atomic mass is 35.5. The summed E-state index contributed by atoms with van der Waals surface area (Å²) in [5.74, 6) is -0.557. The molecule has 0 unspecified atom stereocenters. The normalized spacial score (nSPS) is 13.7. The van der Waals surface area contributed by atoms with Crippen LogP contribution in [0.5, 0.6) is 0 Å². The van der Waals surface area contributed by atoms with Gasteiger partial charge in [0.05, 0.1) is 5.02 Å². The van der Waals surface area contributed by atoms with Gasteiger partial charge in [0.2, 0.25) is 0 Å². The average Bonchev–Trinajstić information content (AvgIpc) is 2.50. The number of anilines is 1. The van der Waals surface area contributed by atoms with Crippen molar-refractivity contribution < 1.29 is 9.18 Å². The Bertz CT molecular complexity index is 736. The fourth-order valence-electron chi connectivity index (χ4n) is 2.47. The van der Waals surface area contributed by atoms with Crippen LogP contribution >= 0.6 is 23.2 Å². The van der Waals surface area contributed by atoms with Gasteiger partial charge in [0.1, 0.15) is 5.82 Å². The number of rotatable bonds is 1. The van der Waals surface area contributed by atoms with Crippen LogP contribution in [0.25, 0.3) is 0 Å². The van der Waals surface area contributed by atoms with Crippen molar-refractivity contribution in [2.24, 2.45) is 0 Å². The summed E-state index contributed by atoms with van der Waals surface area (Å²) in [6, 6.07) is 9.61. The lowest BCUT2D eigenvalue weighted by atomic mass is 10.0. The highest BCUT2D eigenvalue weighted by molar-refractivity contribution is 6.31. The smallest absolute Gasteiger partial charge is 0.320 e. The van der Waals surface area contributed by atoms with Crippen LogP contribution in [0.4, 0.5) is 14.9 Å². The van der Waals surface area contributed by atoms with Gasteiger partial charge in [-0.05, 0) is 47.9 Å². The maximum atomic E-state index is 13.4. The van der Waals surface area contributed by atoms with Crippen LogP contribution in [0.3, 0.4) is 0 Å². The molecule has 1 aliphatic heterocycles. The molecule has 0 saturated heterocycles. The zero-order chi connectivity index (χ0) is 15.7. The molecule has 3 rings (SSSR count). The van der Waals surface area contributed by atoms with E-state index in [-0.39, 0.29) is 11.1 Å². The van der Waals surface area contributed by atoms with Gasteiger partial charge >= 0.3 is 6.03 Å². The fraction of sp³-hybridized carbons (Fsp3) is 0.188. The number of halogens is 3. The zero-order valence-corrected chi connectivity index (χ0v) is 13.1. The van der Waals surface area contributed by atoms with Gasteiger partial charge in [0.25, 0.3) is 0 Å². The second-order valence-electron chi connectivity index (χ2n) is 5.14. The molecule has 0 radical (unpaired) electrons. The summed E-state index contributed by atoms with van der Waals surface area (Å²) in [5.41, 5.74) is 2.62. The molecule has 22 heavy (non-hydrogen) atoms. The van der Waals surface area contributed by atoms with E-state index in [1.165, 1.54) is 12.1 Å². The fourth-order valence-corrected chi connectivity index (χ4v) is 2.78. The summed E-state index contributed by atoms with van der Waals surface area (Å²) in [4.78, 5) is 14.0. The first kappa shape index (κ1) is 15.1. The van der Waals surface area contributed by atoms with Crippen molar-refractivity contribution in [2.45, 2.75) is 13.0 Å². The number of carbonyl (C=O) groups is 1. The van der Waals surface area contributed by atoms with Crippen LogP contribution in [0.2, 0.25) is 10.0 Å². The van der Waals surface area contributed by atoms with E-state index in [1.807, 2.05) is 18.2 Å². The Hall–Kier alpha value is -1.78. The van der Waals surface area contributed by atoms with E-state index in [0.29, 0.717) is 23.8 Å². The van der Waals surface area contributed by atoms with Gasteiger partial charge in [0, 0.05) is 23.8 Å². The van der Waals surface area contributed by atoms with Crippen LogP contribution in [0.15, 0.2) is 36.4 Å². The van der Waals surface area contributed by atoms with Crippen LogP contribution in [0, 0.1) is 5.82 Å².